The number of rotatable bonds is 8. The van der Waals surface area contributed by atoms with E-state index in [9.17, 15) is 9.59 Å². The van der Waals surface area contributed by atoms with Crippen molar-refractivity contribution in [2.45, 2.75) is 45.3 Å². The minimum atomic E-state index is -1.10. The number of aromatic nitrogens is 2. The normalized spacial score (nSPS) is 15.8. The predicted octanol–water partition coefficient (Wildman–Crippen LogP) is 1.25. The Bertz CT molecular complexity index is 549. The lowest BCUT2D eigenvalue weighted by molar-refractivity contribution is -0.148. The van der Waals surface area contributed by atoms with Crippen LogP contribution in [0.25, 0.3) is 0 Å². The highest BCUT2D eigenvalue weighted by atomic mass is 16.5. The van der Waals surface area contributed by atoms with Gasteiger partial charge in [0.25, 0.3) is 5.91 Å². The number of ether oxygens (including phenoxy) is 1. The van der Waals surface area contributed by atoms with Crippen LogP contribution in [-0.2, 0) is 16.1 Å². The number of carboxylic acids is 1. The average Bonchev–Trinajstić information content (AvgIpc) is 3.20. The topological polar surface area (TPSA) is 93.5 Å². The molecule has 122 valence electrons. The lowest BCUT2D eigenvalue weighted by Gasteiger charge is -2.13. The smallest absolute Gasteiger partial charge is 0.334 e. The first-order chi connectivity index (χ1) is 10.4. The van der Waals surface area contributed by atoms with Crippen LogP contribution in [0.3, 0.4) is 0 Å². The third-order valence-electron chi connectivity index (χ3n) is 3.63. The summed E-state index contributed by atoms with van der Waals surface area (Å²) in [6.07, 6.45) is 2.67. The van der Waals surface area contributed by atoms with Crippen LogP contribution in [-0.4, -0.2) is 46.5 Å². The van der Waals surface area contributed by atoms with E-state index in [1.54, 1.807) is 6.20 Å². The Morgan fingerprint density at radius 3 is 2.68 bits per heavy atom. The Labute approximate surface area is 129 Å². The fourth-order valence-corrected chi connectivity index (χ4v) is 2.40. The van der Waals surface area contributed by atoms with Gasteiger partial charge in [0.15, 0.2) is 6.10 Å². The van der Waals surface area contributed by atoms with Crippen LogP contribution in [0, 0.1) is 5.92 Å². The molecule has 0 aliphatic heterocycles. The molecule has 2 N–H and O–H groups in total. The van der Waals surface area contributed by atoms with Gasteiger partial charge in [-0.1, -0.05) is 13.8 Å². The van der Waals surface area contributed by atoms with Crippen LogP contribution in [0.2, 0.25) is 0 Å². The number of hydrogen-bond donors (Lipinski definition) is 2. The number of carbonyl (C=O) groups excluding carboxylic acids is 1. The van der Waals surface area contributed by atoms with Gasteiger partial charge >= 0.3 is 5.97 Å². The first-order valence-corrected chi connectivity index (χ1v) is 7.53. The van der Waals surface area contributed by atoms with Crippen LogP contribution in [0.15, 0.2) is 6.20 Å². The van der Waals surface area contributed by atoms with Gasteiger partial charge in [0, 0.05) is 19.6 Å². The zero-order valence-corrected chi connectivity index (χ0v) is 13.2. The molecule has 2 rings (SSSR count). The van der Waals surface area contributed by atoms with Crippen molar-refractivity contribution in [3.8, 4) is 0 Å². The molecule has 0 aromatic carbocycles. The third-order valence-corrected chi connectivity index (χ3v) is 3.63. The second kappa shape index (κ2) is 6.91. The Kier molecular flexibility index (Phi) is 5.18. The number of hydrogen-bond acceptors (Lipinski definition) is 4. The SMILES string of the molecule is COC(CNC(=O)c1cnn(CC(C)C)c1C1CC1)C(=O)O. The molecule has 1 unspecified atom stereocenters. The molecule has 1 aliphatic carbocycles. The summed E-state index contributed by atoms with van der Waals surface area (Å²) in [6.45, 7) is 4.92. The summed E-state index contributed by atoms with van der Waals surface area (Å²) in [5, 5.41) is 15.9. The highest BCUT2D eigenvalue weighted by molar-refractivity contribution is 5.95. The van der Waals surface area contributed by atoms with Crippen molar-refractivity contribution >= 4 is 11.9 Å². The third kappa shape index (κ3) is 3.85. The van der Waals surface area contributed by atoms with E-state index in [0.717, 1.165) is 25.1 Å². The van der Waals surface area contributed by atoms with Crippen LogP contribution in [0.4, 0.5) is 0 Å². The summed E-state index contributed by atoms with van der Waals surface area (Å²) in [7, 11) is 1.31. The molecule has 1 fully saturated rings. The molecule has 0 saturated heterocycles. The molecule has 1 aromatic rings. The molecule has 1 aliphatic rings. The average molecular weight is 309 g/mol. The van der Waals surface area contributed by atoms with Crippen molar-refractivity contribution in [2.75, 3.05) is 13.7 Å². The number of carbonyl (C=O) groups is 2. The lowest BCUT2D eigenvalue weighted by Crippen LogP contribution is -2.38. The van der Waals surface area contributed by atoms with Crippen LogP contribution in [0.1, 0.15) is 48.7 Å². The number of methoxy groups -OCH3 is 1. The maximum Gasteiger partial charge on any atom is 0.334 e. The maximum absolute atomic E-state index is 12.3. The highest BCUT2D eigenvalue weighted by Crippen LogP contribution is 2.41. The maximum atomic E-state index is 12.3. The molecule has 1 heterocycles. The zero-order chi connectivity index (χ0) is 16.3. The molecule has 1 saturated carbocycles. The quantitative estimate of drug-likeness (QED) is 0.753. The zero-order valence-electron chi connectivity index (χ0n) is 13.2. The number of amides is 1. The summed E-state index contributed by atoms with van der Waals surface area (Å²) < 4.78 is 6.72. The van der Waals surface area contributed by atoms with Gasteiger partial charge in [-0.05, 0) is 18.8 Å². The highest BCUT2D eigenvalue weighted by Gasteiger charge is 2.32. The van der Waals surface area contributed by atoms with E-state index in [1.165, 1.54) is 7.11 Å². The van der Waals surface area contributed by atoms with Crippen molar-refractivity contribution in [3.05, 3.63) is 17.5 Å². The Morgan fingerprint density at radius 1 is 1.50 bits per heavy atom. The number of carboxylic acid groups (broad SMARTS) is 1. The summed E-state index contributed by atoms with van der Waals surface area (Å²) >= 11 is 0. The largest absolute Gasteiger partial charge is 0.479 e. The molecule has 7 nitrogen and oxygen atoms in total. The van der Waals surface area contributed by atoms with Gasteiger partial charge in [-0.25, -0.2) is 4.79 Å². The standard InChI is InChI=1S/C15H23N3O4/c1-9(2)8-18-13(10-4-5-10)11(6-17-18)14(19)16-7-12(22-3)15(20)21/h6,9-10,12H,4-5,7-8H2,1-3H3,(H,16,19)(H,20,21). The Hall–Kier alpha value is -1.89. The van der Waals surface area contributed by atoms with E-state index >= 15 is 0 Å². The van der Waals surface area contributed by atoms with Crippen molar-refractivity contribution in [1.29, 1.82) is 0 Å². The first kappa shape index (κ1) is 16.5. The van der Waals surface area contributed by atoms with Crippen molar-refractivity contribution in [3.63, 3.8) is 0 Å². The lowest BCUT2D eigenvalue weighted by atomic mass is 10.1. The van der Waals surface area contributed by atoms with Gasteiger partial charge in [0.05, 0.1) is 24.0 Å². The summed E-state index contributed by atoms with van der Waals surface area (Å²) in [5.41, 5.74) is 1.51. The van der Waals surface area contributed by atoms with E-state index in [1.807, 2.05) is 4.68 Å². The molecule has 1 atom stereocenters. The fraction of sp³-hybridized carbons (Fsp3) is 0.667. The summed E-state index contributed by atoms with van der Waals surface area (Å²) in [5.74, 6) is -0.557. The molecule has 0 spiro atoms. The monoisotopic (exact) mass is 309 g/mol. The van der Waals surface area contributed by atoms with E-state index in [4.69, 9.17) is 9.84 Å². The number of aliphatic carboxylic acids is 1. The van der Waals surface area contributed by atoms with Crippen LogP contribution >= 0.6 is 0 Å². The van der Waals surface area contributed by atoms with Gasteiger partial charge in [-0.15, -0.1) is 0 Å². The Morgan fingerprint density at radius 2 is 2.18 bits per heavy atom. The predicted molar refractivity (Wildman–Crippen MR) is 79.8 cm³/mol. The van der Waals surface area contributed by atoms with Crippen LogP contribution < -0.4 is 5.32 Å². The molecule has 7 heteroatoms. The van der Waals surface area contributed by atoms with Crippen LogP contribution in [0.5, 0.6) is 0 Å². The van der Waals surface area contributed by atoms with Crippen molar-refractivity contribution < 1.29 is 19.4 Å². The van der Waals surface area contributed by atoms with E-state index in [2.05, 4.69) is 24.3 Å². The minimum Gasteiger partial charge on any atom is -0.479 e. The van der Waals surface area contributed by atoms with Gasteiger partial charge < -0.3 is 15.2 Å². The summed E-state index contributed by atoms with van der Waals surface area (Å²) in [4.78, 5) is 23.2. The van der Waals surface area contributed by atoms with Gasteiger partial charge in [0.2, 0.25) is 0 Å². The molecular weight excluding hydrogens is 286 g/mol. The van der Waals surface area contributed by atoms with Crippen molar-refractivity contribution in [1.82, 2.24) is 15.1 Å². The number of nitrogens with one attached hydrogen (secondary N) is 1. The fourth-order valence-electron chi connectivity index (χ4n) is 2.40. The second-order valence-corrected chi connectivity index (χ2v) is 6.07. The van der Waals surface area contributed by atoms with E-state index < -0.39 is 12.1 Å². The van der Waals surface area contributed by atoms with E-state index in [-0.39, 0.29) is 12.5 Å². The van der Waals surface area contributed by atoms with E-state index in [0.29, 0.717) is 17.4 Å². The molecule has 22 heavy (non-hydrogen) atoms. The molecular formula is C15H23N3O4. The van der Waals surface area contributed by atoms with Gasteiger partial charge in [-0.2, -0.15) is 5.10 Å². The molecule has 1 amide bonds. The van der Waals surface area contributed by atoms with Crippen molar-refractivity contribution in [2.24, 2.45) is 5.92 Å². The Balaban J connectivity index is 2.09. The first-order valence-electron chi connectivity index (χ1n) is 7.53. The number of nitrogens with zero attached hydrogens (tertiary/aromatic N) is 2. The second-order valence-electron chi connectivity index (χ2n) is 6.07. The molecule has 0 bridgehead atoms. The minimum absolute atomic E-state index is 0.0653. The van der Waals surface area contributed by atoms with Gasteiger partial charge in [-0.3, -0.25) is 9.48 Å². The molecule has 0 radical (unpaired) electrons. The summed E-state index contributed by atoms with van der Waals surface area (Å²) in [6, 6.07) is 0. The molecule has 1 aromatic heterocycles. The van der Waals surface area contributed by atoms with Gasteiger partial charge in [0.1, 0.15) is 0 Å².